The van der Waals surface area contributed by atoms with E-state index in [4.69, 9.17) is 9.15 Å². The average molecular weight is 484 g/mol. The lowest BCUT2D eigenvalue weighted by Crippen LogP contribution is -2.41. The van der Waals surface area contributed by atoms with Crippen molar-refractivity contribution in [2.24, 2.45) is 0 Å². The summed E-state index contributed by atoms with van der Waals surface area (Å²) < 4.78 is 12.9. The number of benzene rings is 2. The molecule has 1 unspecified atom stereocenters. The normalized spacial score (nSPS) is 16.3. The van der Waals surface area contributed by atoms with E-state index in [-0.39, 0.29) is 11.9 Å². The van der Waals surface area contributed by atoms with Crippen molar-refractivity contribution in [3.63, 3.8) is 0 Å². The fourth-order valence-electron chi connectivity index (χ4n) is 4.95. The molecule has 0 saturated carbocycles. The predicted molar refractivity (Wildman–Crippen MR) is 143 cm³/mol. The number of allylic oxidation sites excluding steroid dienone is 1. The predicted octanol–water partition coefficient (Wildman–Crippen LogP) is 6.81. The maximum Gasteiger partial charge on any atom is 0.234 e. The number of aryl methyl sites for hydroxylation is 1. The maximum absolute atomic E-state index is 9.40. The molecule has 1 fully saturated rings. The third kappa shape index (κ3) is 5.29. The second kappa shape index (κ2) is 11.0. The maximum atomic E-state index is 9.40. The number of hydrogen-bond donors (Lipinski definition) is 1. The summed E-state index contributed by atoms with van der Waals surface area (Å²) in [4.78, 5) is 11.4. The molecule has 5 rings (SSSR count). The first kappa shape index (κ1) is 24.1. The minimum absolute atomic E-state index is 0.0274. The molecule has 1 saturated heterocycles. The van der Waals surface area contributed by atoms with Gasteiger partial charge in [0.05, 0.1) is 5.76 Å². The van der Waals surface area contributed by atoms with Gasteiger partial charge in [0.15, 0.2) is 0 Å². The van der Waals surface area contributed by atoms with Crippen LogP contribution in [0.2, 0.25) is 0 Å². The second-order valence-corrected chi connectivity index (χ2v) is 9.43. The lowest BCUT2D eigenvalue weighted by atomic mass is 9.98. The molecule has 0 amide bonds. The zero-order valence-electron chi connectivity index (χ0n) is 20.8. The van der Waals surface area contributed by atoms with Gasteiger partial charge in [-0.05, 0) is 49.9 Å². The van der Waals surface area contributed by atoms with E-state index in [1.165, 1.54) is 11.9 Å². The van der Waals surface area contributed by atoms with E-state index >= 15 is 0 Å². The van der Waals surface area contributed by atoms with Crippen molar-refractivity contribution < 1.29 is 14.3 Å². The number of aliphatic hydroxyl groups is 1. The van der Waals surface area contributed by atoms with E-state index in [0.717, 1.165) is 73.2 Å². The summed E-state index contributed by atoms with van der Waals surface area (Å²) in [6, 6.07) is 18.7. The lowest BCUT2D eigenvalue weighted by molar-refractivity contribution is 0.0852. The second-order valence-electron chi connectivity index (χ2n) is 9.43. The van der Waals surface area contributed by atoms with Gasteiger partial charge in [-0.25, -0.2) is 9.97 Å². The van der Waals surface area contributed by atoms with Gasteiger partial charge in [-0.2, -0.15) is 0 Å². The molecule has 0 spiro atoms. The molecule has 6 heteroatoms. The van der Waals surface area contributed by atoms with Crippen LogP contribution in [0.4, 0.5) is 0 Å². The Balaban J connectivity index is 1.50. The summed E-state index contributed by atoms with van der Waals surface area (Å²) >= 11 is 0. The number of aromatic nitrogens is 2. The number of aliphatic hydroxyl groups excluding tert-OH is 1. The fraction of sp³-hybridized carbons (Fsp3) is 0.333. The zero-order valence-corrected chi connectivity index (χ0v) is 20.8. The molecule has 6 nitrogen and oxygen atoms in total. The van der Waals surface area contributed by atoms with E-state index in [0.29, 0.717) is 18.0 Å². The van der Waals surface area contributed by atoms with Crippen molar-refractivity contribution in [1.29, 1.82) is 0 Å². The Kier molecular flexibility index (Phi) is 7.33. The minimum Gasteiger partial charge on any atom is -0.513 e. The summed E-state index contributed by atoms with van der Waals surface area (Å²) in [6.07, 6.45) is 6.09. The van der Waals surface area contributed by atoms with Gasteiger partial charge in [-0.15, -0.1) is 0 Å². The molecule has 1 N–H and O–H groups in total. The highest BCUT2D eigenvalue weighted by Crippen LogP contribution is 2.43. The number of fused-ring (bicyclic) bond motifs is 1. The molecule has 0 radical (unpaired) electrons. The highest BCUT2D eigenvalue weighted by Gasteiger charge is 2.26. The molecule has 3 heterocycles. The van der Waals surface area contributed by atoms with E-state index < -0.39 is 0 Å². The molecule has 1 aliphatic rings. The Bertz CT molecular complexity index is 1310. The smallest absolute Gasteiger partial charge is 0.234 e. The number of ether oxygens (including phenoxy) is 1. The number of hydrogen-bond acceptors (Lipinski definition) is 6. The zero-order chi connectivity index (χ0) is 24.9. The largest absolute Gasteiger partial charge is 0.513 e. The van der Waals surface area contributed by atoms with Crippen LogP contribution in [0.5, 0.6) is 5.88 Å². The van der Waals surface area contributed by atoms with Crippen LogP contribution in [0.1, 0.15) is 38.2 Å². The molecule has 0 bridgehead atoms. The van der Waals surface area contributed by atoms with Crippen molar-refractivity contribution >= 4 is 11.1 Å². The summed E-state index contributed by atoms with van der Waals surface area (Å²) in [5.74, 6) is 1.59. The first-order chi connectivity index (χ1) is 17.6. The summed E-state index contributed by atoms with van der Waals surface area (Å²) in [5.41, 5.74) is 4.82. The highest BCUT2D eigenvalue weighted by atomic mass is 16.5. The standard InChI is InChI=1S/C30H33N3O3/c1-3-22-13-15-23(16-14-22)26-27-29(35-25-12-8-18-33(19-25)17-7-9-21(2)34)31-20-32-30(27)36-28(26)24-10-5-4-6-11-24/h4-6,10-11,13-16,20,25,34H,2-3,7-9,12,17-19H2,1H3. The van der Waals surface area contributed by atoms with E-state index in [9.17, 15) is 5.11 Å². The van der Waals surface area contributed by atoms with E-state index in [1.54, 1.807) is 0 Å². The molecule has 36 heavy (non-hydrogen) atoms. The van der Waals surface area contributed by atoms with Gasteiger partial charge in [0.1, 0.15) is 23.6 Å². The Labute approximate surface area is 212 Å². The van der Waals surface area contributed by atoms with Crippen LogP contribution in [0.25, 0.3) is 33.6 Å². The SMILES string of the molecule is C=C(O)CCCN1CCCC(Oc2ncnc3oc(-c4ccccc4)c(-c4ccc(CC)cc4)c23)C1. The molecule has 2 aromatic heterocycles. The van der Waals surface area contributed by atoms with Crippen molar-refractivity contribution in [3.8, 4) is 28.3 Å². The summed E-state index contributed by atoms with van der Waals surface area (Å²) in [5, 5.41) is 10.2. The number of nitrogens with zero attached hydrogens (tertiary/aromatic N) is 3. The monoisotopic (exact) mass is 483 g/mol. The van der Waals surface area contributed by atoms with Gasteiger partial charge >= 0.3 is 0 Å². The highest BCUT2D eigenvalue weighted by molar-refractivity contribution is 6.03. The quantitative estimate of drug-likeness (QED) is 0.264. The van der Waals surface area contributed by atoms with Crippen LogP contribution in [-0.2, 0) is 6.42 Å². The van der Waals surface area contributed by atoms with Gasteiger partial charge in [-0.3, -0.25) is 4.90 Å². The van der Waals surface area contributed by atoms with Crippen LogP contribution < -0.4 is 4.74 Å². The molecule has 1 aliphatic heterocycles. The molecular weight excluding hydrogens is 450 g/mol. The molecular formula is C30H33N3O3. The summed E-state index contributed by atoms with van der Waals surface area (Å²) in [6.45, 7) is 8.53. The van der Waals surface area contributed by atoms with Gasteiger partial charge in [-0.1, -0.05) is 68.1 Å². The van der Waals surface area contributed by atoms with E-state index in [2.05, 4.69) is 64.8 Å². The van der Waals surface area contributed by atoms with Gasteiger partial charge in [0, 0.05) is 24.1 Å². The van der Waals surface area contributed by atoms with Crippen molar-refractivity contribution in [2.75, 3.05) is 19.6 Å². The van der Waals surface area contributed by atoms with Crippen molar-refractivity contribution in [3.05, 3.63) is 78.8 Å². The number of furan rings is 1. The van der Waals surface area contributed by atoms with Crippen LogP contribution >= 0.6 is 0 Å². The van der Waals surface area contributed by atoms with Crippen LogP contribution in [-0.4, -0.2) is 45.7 Å². The average Bonchev–Trinajstić information content (AvgIpc) is 3.30. The minimum atomic E-state index is 0.0274. The van der Waals surface area contributed by atoms with Gasteiger partial charge in [0.2, 0.25) is 11.6 Å². The van der Waals surface area contributed by atoms with Crippen LogP contribution in [0.3, 0.4) is 0 Å². The third-order valence-electron chi connectivity index (χ3n) is 6.82. The lowest BCUT2D eigenvalue weighted by Gasteiger charge is -2.32. The molecule has 2 aromatic carbocycles. The third-order valence-corrected chi connectivity index (χ3v) is 6.82. The van der Waals surface area contributed by atoms with Gasteiger partial charge in [0.25, 0.3) is 0 Å². The molecule has 186 valence electrons. The van der Waals surface area contributed by atoms with Crippen LogP contribution in [0, 0.1) is 0 Å². The molecule has 0 aliphatic carbocycles. The fourth-order valence-corrected chi connectivity index (χ4v) is 4.95. The Morgan fingerprint density at radius 2 is 1.92 bits per heavy atom. The number of rotatable bonds is 9. The molecule has 1 atom stereocenters. The van der Waals surface area contributed by atoms with Crippen molar-refractivity contribution in [1.82, 2.24) is 14.9 Å². The van der Waals surface area contributed by atoms with E-state index in [1.807, 2.05) is 18.2 Å². The first-order valence-electron chi connectivity index (χ1n) is 12.8. The van der Waals surface area contributed by atoms with Gasteiger partial charge < -0.3 is 14.3 Å². The Morgan fingerprint density at radius 3 is 2.67 bits per heavy atom. The Hall–Kier alpha value is -3.64. The number of likely N-dealkylation sites (tertiary alicyclic amines) is 1. The Morgan fingerprint density at radius 1 is 1.11 bits per heavy atom. The van der Waals surface area contributed by atoms with Crippen molar-refractivity contribution in [2.45, 2.75) is 45.1 Å². The first-order valence-corrected chi connectivity index (χ1v) is 12.8. The number of piperidine rings is 1. The topological polar surface area (TPSA) is 71.6 Å². The van der Waals surface area contributed by atoms with Crippen LogP contribution in [0.15, 0.2) is 77.7 Å². The summed E-state index contributed by atoms with van der Waals surface area (Å²) in [7, 11) is 0. The molecule has 4 aromatic rings.